The third-order valence-electron chi connectivity index (χ3n) is 5.20. The van der Waals surface area contributed by atoms with Crippen molar-refractivity contribution >= 4 is 21.9 Å². The molecule has 1 aromatic carbocycles. The highest BCUT2D eigenvalue weighted by Gasteiger charge is 2.20. The number of hydrogen-bond acceptors (Lipinski definition) is 7. The van der Waals surface area contributed by atoms with E-state index in [9.17, 15) is 8.42 Å². The minimum atomic E-state index is -3.68. The fraction of sp³-hybridized carbons (Fsp3) is 0.550. The van der Waals surface area contributed by atoms with E-state index >= 15 is 0 Å². The number of benzene rings is 1. The maximum absolute atomic E-state index is 12.9. The highest BCUT2D eigenvalue weighted by molar-refractivity contribution is 7.89. The molecule has 0 saturated carbocycles. The molecule has 1 aliphatic heterocycles. The summed E-state index contributed by atoms with van der Waals surface area (Å²) >= 11 is 0. The summed E-state index contributed by atoms with van der Waals surface area (Å²) in [5.74, 6) is 1.55. The largest absolute Gasteiger partial charge is 0.347 e. The van der Waals surface area contributed by atoms with E-state index in [1.807, 2.05) is 40.9 Å². The zero-order valence-corrected chi connectivity index (χ0v) is 18.7. The molecule has 0 spiro atoms. The Morgan fingerprint density at radius 3 is 2.28 bits per heavy atom. The number of nitrogens with one attached hydrogen (secondary N) is 1. The number of aromatic nitrogens is 3. The van der Waals surface area contributed by atoms with E-state index < -0.39 is 10.0 Å². The van der Waals surface area contributed by atoms with E-state index in [1.165, 1.54) is 6.42 Å². The first-order valence-electron chi connectivity index (χ1n) is 9.92. The summed E-state index contributed by atoms with van der Waals surface area (Å²) in [6, 6.07) is 3.61. The van der Waals surface area contributed by atoms with Gasteiger partial charge in [-0.05, 0) is 62.8 Å². The summed E-state index contributed by atoms with van der Waals surface area (Å²) in [4.78, 5) is 17.8. The lowest BCUT2D eigenvalue weighted by Gasteiger charge is -2.27. The number of nitrogens with zero attached hydrogens (tertiary/aromatic N) is 5. The molecular weight excluding hydrogens is 388 g/mol. The van der Waals surface area contributed by atoms with Gasteiger partial charge >= 0.3 is 0 Å². The van der Waals surface area contributed by atoms with Crippen molar-refractivity contribution in [2.45, 2.75) is 51.5 Å². The van der Waals surface area contributed by atoms with Crippen LogP contribution in [0.3, 0.4) is 0 Å². The predicted molar refractivity (Wildman–Crippen MR) is 115 cm³/mol. The van der Waals surface area contributed by atoms with E-state index in [1.54, 1.807) is 11.0 Å². The summed E-state index contributed by atoms with van der Waals surface area (Å²) in [6.07, 6.45) is 3.43. The SMILES string of the molecule is Cc1cc(C)c(S(=O)(=O)NCc2nc(N(C)C)nc(N3CCCCC3)n2)cc1C. The van der Waals surface area contributed by atoms with Crippen LogP contribution in [-0.2, 0) is 16.6 Å². The Labute approximate surface area is 173 Å². The third kappa shape index (κ3) is 5.02. The van der Waals surface area contributed by atoms with Crippen molar-refractivity contribution < 1.29 is 8.42 Å². The van der Waals surface area contributed by atoms with Gasteiger partial charge in [0.2, 0.25) is 21.9 Å². The van der Waals surface area contributed by atoms with E-state index in [-0.39, 0.29) is 6.54 Å². The van der Waals surface area contributed by atoms with Gasteiger partial charge in [-0.15, -0.1) is 0 Å². The van der Waals surface area contributed by atoms with Gasteiger partial charge in [-0.3, -0.25) is 0 Å². The molecule has 0 aliphatic carbocycles. The second-order valence-electron chi connectivity index (χ2n) is 7.82. The number of hydrogen-bond donors (Lipinski definition) is 1. The lowest BCUT2D eigenvalue weighted by atomic mass is 10.1. The Kier molecular flexibility index (Phi) is 6.38. The monoisotopic (exact) mass is 418 g/mol. The maximum Gasteiger partial charge on any atom is 0.241 e. The lowest BCUT2D eigenvalue weighted by Crippen LogP contribution is -2.33. The van der Waals surface area contributed by atoms with Gasteiger partial charge in [0.25, 0.3) is 0 Å². The highest BCUT2D eigenvalue weighted by Crippen LogP contribution is 2.21. The number of sulfonamides is 1. The molecule has 0 amide bonds. The molecule has 1 fully saturated rings. The number of anilines is 2. The second-order valence-corrected chi connectivity index (χ2v) is 9.56. The van der Waals surface area contributed by atoms with Crippen molar-refractivity contribution in [1.82, 2.24) is 19.7 Å². The zero-order valence-electron chi connectivity index (χ0n) is 17.9. The molecule has 1 saturated heterocycles. The average Bonchev–Trinajstić information content (AvgIpc) is 2.69. The van der Waals surface area contributed by atoms with Crippen LogP contribution >= 0.6 is 0 Å². The van der Waals surface area contributed by atoms with Gasteiger partial charge < -0.3 is 9.80 Å². The first-order valence-corrected chi connectivity index (χ1v) is 11.4. The molecule has 0 bridgehead atoms. The Morgan fingerprint density at radius 1 is 0.966 bits per heavy atom. The first kappa shape index (κ1) is 21.4. The van der Waals surface area contributed by atoms with Gasteiger partial charge in [-0.1, -0.05) is 6.07 Å². The van der Waals surface area contributed by atoms with Crippen LogP contribution in [0, 0.1) is 20.8 Å². The van der Waals surface area contributed by atoms with Gasteiger partial charge in [0, 0.05) is 27.2 Å². The predicted octanol–water partition coefficient (Wildman–Crippen LogP) is 2.33. The van der Waals surface area contributed by atoms with Crippen molar-refractivity contribution in [3.05, 3.63) is 34.6 Å². The van der Waals surface area contributed by atoms with Crippen molar-refractivity contribution in [2.75, 3.05) is 37.0 Å². The van der Waals surface area contributed by atoms with Crippen LogP contribution in [0.4, 0.5) is 11.9 Å². The molecule has 2 aromatic rings. The van der Waals surface area contributed by atoms with Crippen molar-refractivity contribution in [3.63, 3.8) is 0 Å². The molecule has 2 heterocycles. The molecule has 1 N–H and O–H groups in total. The molecule has 1 aliphatic rings. The summed E-state index contributed by atoms with van der Waals surface area (Å²) in [7, 11) is 0.0488. The Hall–Kier alpha value is -2.26. The van der Waals surface area contributed by atoms with Gasteiger partial charge in [0.15, 0.2) is 5.82 Å². The van der Waals surface area contributed by atoms with Crippen LogP contribution in [0.15, 0.2) is 17.0 Å². The van der Waals surface area contributed by atoms with E-state index in [4.69, 9.17) is 0 Å². The molecule has 3 rings (SSSR count). The lowest BCUT2D eigenvalue weighted by molar-refractivity contribution is 0.563. The fourth-order valence-electron chi connectivity index (χ4n) is 3.37. The quantitative estimate of drug-likeness (QED) is 0.770. The normalized spacial score (nSPS) is 14.9. The fourth-order valence-corrected chi connectivity index (χ4v) is 4.66. The minimum absolute atomic E-state index is 0.0128. The molecule has 158 valence electrons. The van der Waals surface area contributed by atoms with Crippen molar-refractivity contribution in [2.24, 2.45) is 0 Å². The number of piperidine rings is 1. The molecular formula is C20H30N6O2S. The van der Waals surface area contributed by atoms with E-state index in [0.717, 1.165) is 42.6 Å². The number of rotatable bonds is 6. The minimum Gasteiger partial charge on any atom is -0.347 e. The van der Waals surface area contributed by atoms with Crippen molar-refractivity contribution in [3.8, 4) is 0 Å². The third-order valence-corrected chi connectivity index (χ3v) is 6.74. The van der Waals surface area contributed by atoms with Crippen LogP contribution in [-0.4, -0.2) is 50.6 Å². The van der Waals surface area contributed by atoms with Gasteiger partial charge in [0.05, 0.1) is 11.4 Å². The molecule has 9 heteroatoms. The van der Waals surface area contributed by atoms with Crippen LogP contribution in [0.2, 0.25) is 0 Å². The molecule has 8 nitrogen and oxygen atoms in total. The molecule has 0 unspecified atom stereocenters. The van der Waals surface area contributed by atoms with Crippen LogP contribution < -0.4 is 14.5 Å². The number of aryl methyl sites for hydroxylation is 3. The summed E-state index contributed by atoms with van der Waals surface area (Å²) < 4.78 is 28.4. The summed E-state index contributed by atoms with van der Waals surface area (Å²) in [6.45, 7) is 7.52. The topological polar surface area (TPSA) is 91.3 Å². The smallest absolute Gasteiger partial charge is 0.241 e. The van der Waals surface area contributed by atoms with Gasteiger partial charge in [0.1, 0.15) is 0 Å². The summed E-state index contributed by atoms with van der Waals surface area (Å²) in [5, 5.41) is 0. The summed E-state index contributed by atoms with van der Waals surface area (Å²) in [5.41, 5.74) is 2.73. The highest BCUT2D eigenvalue weighted by atomic mass is 32.2. The molecule has 1 aromatic heterocycles. The maximum atomic E-state index is 12.9. The molecule has 0 atom stereocenters. The van der Waals surface area contributed by atoms with E-state index in [2.05, 4.69) is 24.6 Å². The van der Waals surface area contributed by atoms with Crippen LogP contribution in [0.5, 0.6) is 0 Å². The zero-order chi connectivity index (χ0) is 21.2. The van der Waals surface area contributed by atoms with Crippen LogP contribution in [0.25, 0.3) is 0 Å². The molecule has 0 radical (unpaired) electrons. The van der Waals surface area contributed by atoms with Crippen molar-refractivity contribution in [1.29, 1.82) is 0 Å². The van der Waals surface area contributed by atoms with Gasteiger partial charge in [-0.2, -0.15) is 15.0 Å². The van der Waals surface area contributed by atoms with Crippen LogP contribution in [0.1, 0.15) is 41.8 Å². The molecule has 29 heavy (non-hydrogen) atoms. The first-order chi connectivity index (χ1) is 13.7. The van der Waals surface area contributed by atoms with E-state index in [0.29, 0.717) is 22.6 Å². The second kappa shape index (κ2) is 8.62. The Balaban J connectivity index is 1.85. The van der Waals surface area contributed by atoms with Gasteiger partial charge in [-0.25, -0.2) is 13.1 Å². The Bertz CT molecular complexity index is 985. The average molecular weight is 419 g/mol. The Morgan fingerprint density at radius 2 is 1.62 bits per heavy atom. The standard InChI is InChI=1S/C20H30N6O2S/c1-14-11-16(3)17(12-15(14)2)29(27,28)21-13-18-22-19(25(4)5)24-20(23-18)26-9-7-6-8-10-26/h11-12,21H,6-10,13H2,1-5H3.